The van der Waals surface area contributed by atoms with Crippen LogP contribution in [-0.4, -0.2) is 39.7 Å². The zero-order valence-corrected chi connectivity index (χ0v) is 17.4. The molecular formula is C21H24N2O6S. The fourth-order valence-corrected chi connectivity index (χ4v) is 4.64. The van der Waals surface area contributed by atoms with Crippen LogP contribution in [0.25, 0.3) is 0 Å². The quantitative estimate of drug-likeness (QED) is 0.678. The normalized spacial score (nSPS) is 19.0. The van der Waals surface area contributed by atoms with Crippen LogP contribution >= 0.6 is 0 Å². The molecule has 0 bridgehead atoms. The van der Waals surface area contributed by atoms with Gasteiger partial charge in [0.05, 0.1) is 17.6 Å². The van der Waals surface area contributed by atoms with E-state index in [2.05, 4.69) is 14.8 Å². The first kappa shape index (κ1) is 21.8. The van der Waals surface area contributed by atoms with Gasteiger partial charge in [0, 0.05) is 18.2 Å². The van der Waals surface area contributed by atoms with Crippen LogP contribution in [0.3, 0.4) is 0 Å². The number of methoxy groups -OCH3 is 1. The summed E-state index contributed by atoms with van der Waals surface area (Å²) in [7, 11) is -2.51. The Morgan fingerprint density at radius 1 is 1.00 bits per heavy atom. The largest absolute Gasteiger partial charge is 0.465 e. The fourth-order valence-electron chi connectivity index (χ4n) is 3.35. The summed E-state index contributed by atoms with van der Waals surface area (Å²) >= 11 is 0. The third-order valence-electron chi connectivity index (χ3n) is 4.83. The van der Waals surface area contributed by atoms with Crippen LogP contribution < -0.4 is 10.0 Å². The summed E-state index contributed by atoms with van der Waals surface area (Å²) in [5.74, 6) is -0.534. The predicted molar refractivity (Wildman–Crippen MR) is 111 cm³/mol. The van der Waals surface area contributed by atoms with Gasteiger partial charge in [-0.25, -0.2) is 22.7 Å². The molecule has 3 rings (SSSR count). The van der Waals surface area contributed by atoms with Gasteiger partial charge < -0.3 is 9.47 Å². The smallest absolute Gasteiger partial charge is 0.411 e. The molecule has 2 aromatic rings. The third-order valence-corrected chi connectivity index (χ3v) is 6.36. The van der Waals surface area contributed by atoms with Crippen LogP contribution in [0.2, 0.25) is 0 Å². The Bertz CT molecular complexity index is 976. The summed E-state index contributed by atoms with van der Waals surface area (Å²) in [6, 6.07) is 14.1. The van der Waals surface area contributed by atoms with Gasteiger partial charge >= 0.3 is 12.1 Å². The Morgan fingerprint density at radius 2 is 1.70 bits per heavy atom. The van der Waals surface area contributed by atoms with Crippen LogP contribution in [0.5, 0.6) is 0 Å². The van der Waals surface area contributed by atoms with E-state index in [1.165, 1.54) is 31.4 Å². The van der Waals surface area contributed by atoms with Gasteiger partial charge in [-0.15, -0.1) is 0 Å². The molecule has 0 aliphatic heterocycles. The summed E-state index contributed by atoms with van der Waals surface area (Å²) in [5.41, 5.74) is 0.901. The first-order chi connectivity index (χ1) is 14.4. The average molecular weight is 432 g/mol. The third kappa shape index (κ3) is 5.80. The van der Waals surface area contributed by atoms with Gasteiger partial charge in [0.2, 0.25) is 10.0 Å². The van der Waals surface area contributed by atoms with Crippen LogP contribution in [-0.2, 0) is 19.5 Å². The fraction of sp³-hybridized carbons (Fsp3) is 0.333. The SMILES string of the molecule is COC(=O)c1ccc(S(=O)(=O)N[C@@H]2CCC[C@@H](OC(=O)Nc3ccccc3)C2)cc1. The monoisotopic (exact) mass is 432 g/mol. The predicted octanol–water partition coefficient (Wildman–Crippen LogP) is 3.31. The zero-order chi connectivity index (χ0) is 21.6. The van der Waals surface area contributed by atoms with Crippen molar-refractivity contribution in [3.05, 3.63) is 60.2 Å². The van der Waals surface area contributed by atoms with Gasteiger partial charge in [0.1, 0.15) is 6.10 Å². The van der Waals surface area contributed by atoms with Crippen LogP contribution in [0.4, 0.5) is 10.5 Å². The number of carbonyl (C=O) groups is 2. The Hall–Kier alpha value is -2.91. The molecule has 1 saturated carbocycles. The number of rotatable bonds is 6. The summed E-state index contributed by atoms with van der Waals surface area (Å²) in [5, 5.41) is 2.66. The molecular weight excluding hydrogens is 408 g/mol. The van der Waals surface area contributed by atoms with Gasteiger partial charge in [-0.2, -0.15) is 0 Å². The molecule has 0 radical (unpaired) electrons. The molecule has 9 heteroatoms. The molecule has 160 valence electrons. The number of esters is 1. The molecule has 1 fully saturated rings. The first-order valence-electron chi connectivity index (χ1n) is 9.61. The lowest BCUT2D eigenvalue weighted by Crippen LogP contribution is -2.41. The number of anilines is 1. The van der Waals surface area contributed by atoms with E-state index in [1.54, 1.807) is 24.3 Å². The highest BCUT2D eigenvalue weighted by Crippen LogP contribution is 2.24. The van der Waals surface area contributed by atoms with E-state index in [0.717, 1.165) is 6.42 Å². The maximum Gasteiger partial charge on any atom is 0.411 e. The standard InChI is InChI=1S/C21H24N2O6S/c1-28-20(24)15-10-12-19(13-11-15)30(26,27)23-17-8-5-9-18(14-17)29-21(25)22-16-6-3-2-4-7-16/h2-4,6-7,10-13,17-18,23H,5,8-9,14H2,1H3,(H,22,25)/t17-,18-/m1/s1. The van der Waals surface area contributed by atoms with Crippen molar-refractivity contribution in [3.63, 3.8) is 0 Å². The number of amides is 1. The number of hydrogen-bond donors (Lipinski definition) is 2. The molecule has 0 unspecified atom stereocenters. The molecule has 2 aromatic carbocycles. The van der Waals surface area contributed by atoms with E-state index < -0.39 is 22.1 Å². The molecule has 2 N–H and O–H groups in total. The van der Waals surface area contributed by atoms with Gasteiger partial charge in [0.15, 0.2) is 0 Å². The Labute approximate surface area is 175 Å². The number of para-hydroxylation sites is 1. The van der Waals surface area contributed by atoms with Crippen LogP contribution in [0, 0.1) is 0 Å². The highest BCUT2D eigenvalue weighted by atomic mass is 32.2. The van der Waals surface area contributed by atoms with E-state index in [0.29, 0.717) is 24.9 Å². The van der Waals surface area contributed by atoms with E-state index in [-0.39, 0.29) is 22.6 Å². The second-order valence-electron chi connectivity index (χ2n) is 7.02. The minimum absolute atomic E-state index is 0.0556. The molecule has 8 nitrogen and oxygen atoms in total. The van der Waals surface area contributed by atoms with E-state index in [9.17, 15) is 18.0 Å². The maximum atomic E-state index is 12.7. The molecule has 0 spiro atoms. The van der Waals surface area contributed by atoms with Crippen molar-refractivity contribution >= 4 is 27.8 Å². The van der Waals surface area contributed by atoms with Crippen LogP contribution in [0.1, 0.15) is 36.0 Å². The molecule has 30 heavy (non-hydrogen) atoms. The van der Waals surface area contributed by atoms with Crippen molar-refractivity contribution in [1.29, 1.82) is 0 Å². The van der Waals surface area contributed by atoms with Crippen molar-refractivity contribution in [2.24, 2.45) is 0 Å². The highest BCUT2D eigenvalue weighted by molar-refractivity contribution is 7.89. The van der Waals surface area contributed by atoms with Crippen molar-refractivity contribution in [2.45, 2.75) is 42.7 Å². The molecule has 1 amide bonds. The van der Waals surface area contributed by atoms with Crippen molar-refractivity contribution in [1.82, 2.24) is 4.72 Å². The van der Waals surface area contributed by atoms with Crippen molar-refractivity contribution in [3.8, 4) is 0 Å². The Kier molecular flexibility index (Phi) is 7.07. The van der Waals surface area contributed by atoms with Crippen molar-refractivity contribution < 1.29 is 27.5 Å². The van der Waals surface area contributed by atoms with E-state index in [4.69, 9.17) is 4.74 Å². The van der Waals surface area contributed by atoms with Gasteiger partial charge in [-0.3, -0.25) is 5.32 Å². The molecule has 1 aliphatic rings. The zero-order valence-electron chi connectivity index (χ0n) is 16.5. The summed E-state index contributed by atoms with van der Waals surface area (Å²) in [6.07, 6.45) is 1.51. The summed E-state index contributed by atoms with van der Waals surface area (Å²) in [4.78, 5) is 23.6. The lowest BCUT2D eigenvalue weighted by atomic mass is 9.94. The second kappa shape index (κ2) is 9.73. The number of benzene rings is 2. The number of sulfonamides is 1. The minimum atomic E-state index is -3.77. The Morgan fingerprint density at radius 3 is 2.37 bits per heavy atom. The van der Waals surface area contributed by atoms with Gasteiger partial charge in [-0.1, -0.05) is 18.2 Å². The maximum absolute atomic E-state index is 12.7. The minimum Gasteiger partial charge on any atom is -0.465 e. The molecule has 0 saturated heterocycles. The average Bonchev–Trinajstić information content (AvgIpc) is 2.74. The molecule has 0 heterocycles. The molecule has 1 aliphatic carbocycles. The van der Waals surface area contributed by atoms with Gasteiger partial charge in [-0.05, 0) is 55.7 Å². The van der Waals surface area contributed by atoms with E-state index in [1.807, 2.05) is 6.07 Å². The lowest BCUT2D eigenvalue weighted by molar-refractivity contribution is 0.0600. The second-order valence-corrected chi connectivity index (χ2v) is 8.73. The number of hydrogen-bond acceptors (Lipinski definition) is 6. The summed E-state index contributed by atoms with van der Waals surface area (Å²) in [6.45, 7) is 0. The van der Waals surface area contributed by atoms with Gasteiger partial charge in [0.25, 0.3) is 0 Å². The Balaban J connectivity index is 1.57. The first-order valence-corrected chi connectivity index (χ1v) is 11.1. The lowest BCUT2D eigenvalue weighted by Gasteiger charge is -2.29. The summed E-state index contributed by atoms with van der Waals surface area (Å²) < 4.78 is 38.1. The number of nitrogens with one attached hydrogen (secondary N) is 2. The van der Waals surface area contributed by atoms with E-state index >= 15 is 0 Å². The molecule has 2 atom stereocenters. The van der Waals surface area contributed by atoms with Crippen molar-refractivity contribution in [2.75, 3.05) is 12.4 Å². The number of ether oxygens (including phenoxy) is 2. The molecule has 0 aromatic heterocycles. The van der Waals surface area contributed by atoms with Crippen LogP contribution in [0.15, 0.2) is 59.5 Å². The highest BCUT2D eigenvalue weighted by Gasteiger charge is 2.28. The topological polar surface area (TPSA) is 111 Å². The number of carbonyl (C=O) groups excluding carboxylic acids is 2.